The van der Waals surface area contributed by atoms with Crippen molar-refractivity contribution in [3.05, 3.63) is 28.5 Å². The van der Waals surface area contributed by atoms with Crippen LogP contribution in [0.3, 0.4) is 0 Å². The highest BCUT2D eigenvalue weighted by Gasteiger charge is 2.23. The van der Waals surface area contributed by atoms with Crippen LogP contribution >= 0.6 is 15.9 Å². The summed E-state index contributed by atoms with van der Waals surface area (Å²) >= 11 is 3.10. The van der Waals surface area contributed by atoms with Gasteiger partial charge in [0.15, 0.2) is 0 Å². The van der Waals surface area contributed by atoms with E-state index in [0.29, 0.717) is 6.54 Å². The van der Waals surface area contributed by atoms with Gasteiger partial charge in [0.1, 0.15) is 5.82 Å². The standard InChI is InChI=1S/C15H23BrFNO2S/c1-4-5-6-9-15(2,3)11-18-21(19,20)14-8-7-12(17)10-13(14)16/h7-8,10,18H,4-6,9,11H2,1-3H3. The molecule has 1 rings (SSSR count). The van der Waals surface area contributed by atoms with E-state index in [0.717, 1.165) is 37.8 Å². The van der Waals surface area contributed by atoms with Crippen LogP contribution in [-0.2, 0) is 10.0 Å². The molecule has 0 spiro atoms. The lowest BCUT2D eigenvalue weighted by Crippen LogP contribution is -2.34. The number of unbranched alkanes of at least 4 members (excludes halogenated alkanes) is 2. The van der Waals surface area contributed by atoms with Crippen LogP contribution in [-0.4, -0.2) is 15.0 Å². The first-order valence-electron chi connectivity index (χ1n) is 7.13. The molecule has 0 aliphatic carbocycles. The summed E-state index contributed by atoms with van der Waals surface area (Å²) in [7, 11) is -3.64. The van der Waals surface area contributed by atoms with Gasteiger partial charge in [-0.1, -0.05) is 40.0 Å². The lowest BCUT2D eigenvalue weighted by molar-refractivity contribution is 0.320. The van der Waals surface area contributed by atoms with Crippen molar-refractivity contribution in [2.45, 2.75) is 51.3 Å². The second kappa shape index (κ2) is 7.70. The van der Waals surface area contributed by atoms with E-state index >= 15 is 0 Å². The van der Waals surface area contributed by atoms with Gasteiger partial charge >= 0.3 is 0 Å². The van der Waals surface area contributed by atoms with Crippen LogP contribution in [0.15, 0.2) is 27.6 Å². The van der Waals surface area contributed by atoms with E-state index < -0.39 is 15.8 Å². The van der Waals surface area contributed by atoms with Crippen LogP contribution in [0.2, 0.25) is 0 Å². The van der Waals surface area contributed by atoms with Gasteiger partial charge in [0.05, 0.1) is 4.90 Å². The number of benzene rings is 1. The van der Waals surface area contributed by atoms with Gasteiger partial charge in [0.25, 0.3) is 0 Å². The quantitative estimate of drug-likeness (QED) is 0.677. The predicted octanol–water partition coefficient (Wildman–Crippen LogP) is 4.47. The second-order valence-corrected chi connectivity index (χ2v) is 8.61. The smallest absolute Gasteiger partial charge is 0.211 e. The van der Waals surface area contributed by atoms with Gasteiger partial charge in [-0.2, -0.15) is 0 Å². The van der Waals surface area contributed by atoms with Crippen LogP contribution in [0.4, 0.5) is 4.39 Å². The van der Waals surface area contributed by atoms with Crippen molar-refractivity contribution in [1.82, 2.24) is 4.72 Å². The number of hydrogen-bond donors (Lipinski definition) is 1. The Bertz CT molecular complexity index is 573. The fourth-order valence-electron chi connectivity index (χ4n) is 2.00. The summed E-state index contributed by atoms with van der Waals surface area (Å²) in [6, 6.07) is 3.57. The predicted molar refractivity (Wildman–Crippen MR) is 87.2 cm³/mol. The Kier molecular flexibility index (Phi) is 6.81. The van der Waals surface area contributed by atoms with Gasteiger partial charge < -0.3 is 0 Å². The Morgan fingerprint density at radius 1 is 1.29 bits per heavy atom. The highest BCUT2D eigenvalue weighted by Crippen LogP contribution is 2.26. The molecule has 0 bridgehead atoms. The molecule has 0 unspecified atom stereocenters. The maximum atomic E-state index is 13.0. The summed E-state index contributed by atoms with van der Waals surface area (Å²) in [4.78, 5) is 0.0632. The van der Waals surface area contributed by atoms with E-state index in [1.165, 1.54) is 6.07 Å². The van der Waals surface area contributed by atoms with Gasteiger partial charge in [-0.3, -0.25) is 0 Å². The molecule has 21 heavy (non-hydrogen) atoms. The van der Waals surface area contributed by atoms with Crippen LogP contribution in [0.25, 0.3) is 0 Å². The fourth-order valence-corrected chi connectivity index (χ4v) is 4.29. The molecule has 0 aliphatic rings. The van der Waals surface area contributed by atoms with E-state index in [9.17, 15) is 12.8 Å². The molecule has 0 amide bonds. The molecule has 0 fully saturated rings. The summed E-state index contributed by atoms with van der Waals surface area (Å²) in [5, 5.41) is 0. The SMILES string of the molecule is CCCCCC(C)(C)CNS(=O)(=O)c1ccc(F)cc1Br. The molecule has 3 nitrogen and oxygen atoms in total. The Hall–Kier alpha value is -0.460. The van der Waals surface area contributed by atoms with Crippen molar-refractivity contribution < 1.29 is 12.8 Å². The summed E-state index contributed by atoms with van der Waals surface area (Å²) in [5.41, 5.74) is -0.102. The number of hydrogen-bond acceptors (Lipinski definition) is 2. The van der Waals surface area contributed by atoms with E-state index in [2.05, 4.69) is 27.6 Å². The minimum absolute atomic E-state index is 0.0632. The molecule has 0 saturated heterocycles. The van der Waals surface area contributed by atoms with Crippen molar-refractivity contribution in [3.8, 4) is 0 Å². The molecule has 0 radical (unpaired) electrons. The zero-order valence-electron chi connectivity index (χ0n) is 12.7. The first-order valence-corrected chi connectivity index (χ1v) is 9.40. The van der Waals surface area contributed by atoms with Gasteiger partial charge in [-0.05, 0) is 46.0 Å². The second-order valence-electron chi connectivity index (χ2n) is 6.02. The molecule has 0 aliphatic heterocycles. The maximum Gasteiger partial charge on any atom is 0.241 e. The number of halogens is 2. The lowest BCUT2D eigenvalue weighted by Gasteiger charge is -2.25. The summed E-state index contributed by atoms with van der Waals surface area (Å²) < 4.78 is 40.5. The van der Waals surface area contributed by atoms with Crippen LogP contribution in [0, 0.1) is 11.2 Å². The summed E-state index contributed by atoms with van der Waals surface area (Å²) in [5.74, 6) is -0.472. The molecule has 120 valence electrons. The van der Waals surface area contributed by atoms with Crippen molar-refractivity contribution in [3.63, 3.8) is 0 Å². The highest BCUT2D eigenvalue weighted by molar-refractivity contribution is 9.10. The van der Waals surface area contributed by atoms with E-state index in [1.54, 1.807) is 0 Å². The van der Waals surface area contributed by atoms with Gasteiger partial charge in [-0.25, -0.2) is 17.5 Å². The lowest BCUT2D eigenvalue weighted by atomic mass is 9.87. The third kappa shape index (κ3) is 6.04. The Morgan fingerprint density at radius 2 is 1.95 bits per heavy atom. The monoisotopic (exact) mass is 379 g/mol. The number of rotatable bonds is 8. The first kappa shape index (κ1) is 18.6. The van der Waals surface area contributed by atoms with Crippen molar-refractivity contribution in [2.75, 3.05) is 6.54 Å². The minimum atomic E-state index is -3.64. The minimum Gasteiger partial charge on any atom is -0.211 e. The number of sulfonamides is 1. The molecule has 1 aromatic rings. The van der Waals surface area contributed by atoms with Crippen molar-refractivity contribution in [1.29, 1.82) is 0 Å². The molecule has 0 heterocycles. The third-order valence-corrected chi connectivity index (χ3v) is 5.76. The average molecular weight is 380 g/mol. The summed E-state index contributed by atoms with van der Waals surface area (Å²) in [6.07, 6.45) is 4.35. The normalized spacial score (nSPS) is 12.6. The highest BCUT2D eigenvalue weighted by atomic mass is 79.9. The molecular formula is C15H23BrFNO2S. The Morgan fingerprint density at radius 3 is 2.52 bits per heavy atom. The van der Waals surface area contributed by atoms with E-state index in [-0.39, 0.29) is 14.8 Å². The molecule has 0 atom stereocenters. The molecule has 0 aromatic heterocycles. The van der Waals surface area contributed by atoms with Crippen LogP contribution in [0.1, 0.15) is 46.5 Å². The molecule has 1 aromatic carbocycles. The Balaban J connectivity index is 2.72. The fraction of sp³-hybridized carbons (Fsp3) is 0.600. The van der Waals surface area contributed by atoms with Crippen LogP contribution in [0.5, 0.6) is 0 Å². The van der Waals surface area contributed by atoms with Gasteiger partial charge in [0.2, 0.25) is 10.0 Å². The van der Waals surface area contributed by atoms with E-state index in [4.69, 9.17) is 0 Å². The zero-order valence-corrected chi connectivity index (χ0v) is 15.2. The molecular weight excluding hydrogens is 357 g/mol. The zero-order chi connectivity index (χ0) is 16.1. The maximum absolute atomic E-state index is 13.0. The molecule has 1 N–H and O–H groups in total. The third-order valence-electron chi connectivity index (χ3n) is 3.38. The van der Waals surface area contributed by atoms with Crippen molar-refractivity contribution in [2.24, 2.45) is 5.41 Å². The molecule has 0 saturated carbocycles. The van der Waals surface area contributed by atoms with Gasteiger partial charge in [-0.15, -0.1) is 0 Å². The average Bonchev–Trinajstić information content (AvgIpc) is 2.36. The largest absolute Gasteiger partial charge is 0.241 e. The van der Waals surface area contributed by atoms with E-state index in [1.807, 2.05) is 13.8 Å². The Labute approximate surface area is 135 Å². The molecule has 6 heteroatoms. The van der Waals surface area contributed by atoms with Crippen LogP contribution < -0.4 is 4.72 Å². The topological polar surface area (TPSA) is 46.2 Å². The number of nitrogens with one attached hydrogen (secondary N) is 1. The van der Waals surface area contributed by atoms with Crippen molar-refractivity contribution >= 4 is 26.0 Å². The summed E-state index contributed by atoms with van der Waals surface area (Å²) in [6.45, 7) is 6.60. The first-order chi connectivity index (χ1) is 9.68. The van der Waals surface area contributed by atoms with Gasteiger partial charge in [0, 0.05) is 11.0 Å².